The quantitative estimate of drug-likeness (QED) is 0.939. The van der Waals surface area contributed by atoms with Gasteiger partial charge in [0.1, 0.15) is 0 Å². The SMILES string of the molecule is Cc1ccc(Br)cc1CNCc1cncn1C. The molecule has 0 atom stereocenters. The van der Waals surface area contributed by atoms with Gasteiger partial charge in [0.2, 0.25) is 0 Å². The van der Waals surface area contributed by atoms with Crippen LogP contribution in [0.25, 0.3) is 0 Å². The van der Waals surface area contributed by atoms with Gasteiger partial charge in [0.15, 0.2) is 0 Å². The minimum atomic E-state index is 0.836. The Morgan fingerprint density at radius 2 is 2.18 bits per heavy atom. The molecule has 0 radical (unpaired) electrons. The molecule has 90 valence electrons. The third-order valence-corrected chi connectivity index (χ3v) is 3.34. The Bertz CT molecular complexity index is 505. The van der Waals surface area contributed by atoms with Gasteiger partial charge < -0.3 is 9.88 Å². The van der Waals surface area contributed by atoms with E-state index in [0.717, 1.165) is 17.6 Å². The second-order valence-electron chi connectivity index (χ2n) is 4.17. The number of nitrogens with zero attached hydrogens (tertiary/aromatic N) is 2. The summed E-state index contributed by atoms with van der Waals surface area (Å²) in [5.41, 5.74) is 3.82. The maximum absolute atomic E-state index is 4.09. The monoisotopic (exact) mass is 293 g/mol. The van der Waals surface area contributed by atoms with Gasteiger partial charge in [-0.2, -0.15) is 0 Å². The Morgan fingerprint density at radius 1 is 1.35 bits per heavy atom. The summed E-state index contributed by atoms with van der Waals surface area (Å²) in [6.07, 6.45) is 3.71. The highest BCUT2D eigenvalue weighted by Crippen LogP contribution is 2.15. The number of rotatable bonds is 4. The molecule has 0 aliphatic rings. The summed E-state index contributed by atoms with van der Waals surface area (Å²) in [7, 11) is 2.01. The lowest BCUT2D eigenvalue weighted by Gasteiger charge is -2.08. The summed E-state index contributed by atoms with van der Waals surface area (Å²) in [6, 6.07) is 6.36. The van der Waals surface area contributed by atoms with Crippen LogP contribution in [0.15, 0.2) is 35.2 Å². The first-order valence-corrected chi connectivity index (χ1v) is 6.37. The molecule has 1 aromatic carbocycles. The van der Waals surface area contributed by atoms with Gasteiger partial charge in [0.25, 0.3) is 0 Å². The van der Waals surface area contributed by atoms with E-state index in [0.29, 0.717) is 0 Å². The fourth-order valence-electron chi connectivity index (χ4n) is 1.71. The predicted octanol–water partition coefficient (Wildman–Crippen LogP) is 2.78. The molecule has 0 aliphatic heterocycles. The number of halogens is 1. The molecule has 1 N–H and O–H groups in total. The minimum Gasteiger partial charge on any atom is -0.337 e. The van der Waals surface area contributed by atoms with Crippen LogP contribution in [0.5, 0.6) is 0 Å². The maximum atomic E-state index is 4.09. The average Bonchev–Trinajstić information content (AvgIpc) is 2.70. The van der Waals surface area contributed by atoms with Gasteiger partial charge in [-0.05, 0) is 30.2 Å². The fourth-order valence-corrected chi connectivity index (χ4v) is 2.12. The van der Waals surface area contributed by atoms with Crippen LogP contribution in [0.2, 0.25) is 0 Å². The van der Waals surface area contributed by atoms with Crippen LogP contribution in [-0.2, 0) is 20.1 Å². The molecule has 0 aliphatic carbocycles. The van der Waals surface area contributed by atoms with E-state index in [4.69, 9.17) is 0 Å². The van der Waals surface area contributed by atoms with Gasteiger partial charge in [-0.1, -0.05) is 22.0 Å². The highest BCUT2D eigenvalue weighted by Gasteiger charge is 2.01. The largest absolute Gasteiger partial charge is 0.337 e. The molecule has 0 amide bonds. The molecular weight excluding hydrogens is 278 g/mol. The molecule has 4 heteroatoms. The van der Waals surface area contributed by atoms with E-state index in [-0.39, 0.29) is 0 Å². The molecule has 3 nitrogen and oxygen atoms in total. The van der Waals surface area contributed by atoms with Crippen molar-refractivity contribution in [1.29, 1.82) is 0 Å². The molecule has 1 heterocycles. The van der Waals surface area contributed by atoms with Crippen molar-refractivity contribution in [2.75, 3.05) is 0 Å². The highest BCUT2D eigenvalue weighted by atomic mass is 79.9. The first-order chi connectivity index (χ1) is 8.16. The summed E-state index contributed by atoms with van der Waals surface area (Å²) in [6.45, 7) is 3.84. The number of nitrogens with one attached hydrogen (secondary N) is 1. The molecule has 0 fully saturated rings. The van der Waals surface area contributed by atoms with Crippen LogP contribution in [0.1, 0.15) is 16.8 Å². The summed E-state index contributed by atoms with van der Waals surface area (Å²) < 4.78 is 3.15. The second kappa shape index (κ2) is 5.47. The molecule has 0 saturated heterocycles. The zero-order chi connectivity index (χ0) is 12.3. The lowest BCUT2D eigenvalue weighted by Crippen LogP contribution is -2.15. The van der Waals surface area contributed by atoms with E-state index in [1.165, 1.54) is 16.8 Å². The smallest absolute Gasteiger partial charge is 0.0945 e. The number of hydrogen-bond donors (Lipinski definition) is 1. The fraction of sp³-hybridized carbons (Fsp3) is 0.308. The van der Waals surface area contributed by atoms with Crippen LogP contribution in [0.3, 0.4) is 0 Å². The Morgan fingerprint density at radius 3 is 2.88 bits per heavy atom. The molecule has 2 rings (SSSR count). The highest BCUT2D eigenvalue weighted by molar-refractivity contribution is 9.10. The summed E-state index contributed by atoms with van der Waals surface area (Å²) in [5, 5.41) is 3.43. The Balaban J connectivity index is 1.94. The van der Waals surface area contributed by atoms with E-state index >= 15 is 0 Å². The molecule has 17 heavy (non-hydrogen) atoms. The lowest BCUT2D eigenvalue weighted by atomic mass is 10.1. The van der Waals surface area contributed by atoms with E-state index in [1.807, 2.05) is 24.1 Å². The molecular formula is C13H16BrN3. The van der Waals surface area contributed by atoms with Gasteiger partial charge in [0, 0.05) is 30.8 Å². The van der Waals surface area contributed by atoms with Gasteiger partial charge in [-0.15, -0.1) is 0 Å². The molecule has 0 saturated carbocycles. The van der Waals surface area contributed by atoms with Gasteiger partial charge in [-0.3, -0.25) is 0 Å². The summed E-state index contributed by atoms with van der Waals surface area (Å²) >= 11 is 3.50. The Kier molecular flexibility index (Phi) is 3.97. The van der Waals surface area contributed by atoms with E-state index < -0.39 is 0 Å². The van der Waals surface area contributed by atoms with E-state index in [1.54, 1.807) is 0 Å². The van der Waals surface area contributed by atoms with Gasteiger partial charge in [0.05, 0.1) is 12.0 Å². The topological polar surface area (TPSA) is 29.9 Å². The normalized spacial score (nSPS) is 10.8. The second-order valence-corrected chi connectivity index (χ2v) is 5.09. The first kappa shape index (κ1) is 12.3. The number of hydrogen-bond acceptors (Lipinski definition) is 2. The van der Waals surface area contributed by atoms with E-state index in [9.17, 15) is 0 Å². The molecule has 2 aromatic rings. The van der Waals surface area contributed by atoms with Gasteiger partial charge >= 0.3 is 0 Å². The van der Waals surface area contributed by atoms with Crippen molar-refractivity contribution in [2.24, 2.45) is 7.05 Å². The van der Waals surface area contributed by atoms with Crippen LogP contribution < -0.4 is 5.32 Å². The third kappa shape index (κ3) is 3.17. The molecule has 0 spiro atoms. The summed E-state index contributed by atoms with van der Waals surface area (Å²) in [5.74, 6) is 0. The van der Waals surface area contributed by atoms with Crippen LogP contribution >= 0.6 is 15.9 Å². The predicted molar refractivity (Wildman–Crippen MR) is 72.6 cm³/mol. The number of aromatic nitrogens is 2. The van der Waals surface area contributed by atoms with Gasteiger partial charge in [-0.25, -0.2) is 4.98 Å². The number of aryl methyl sites for hydroxylation is 2. The lowest BCUT2D eigenvalue weighted by molar-refractivity contribution is 0.653. The Labute approximate surface area is 110 Å². The third-order valence-electron chi connectivity index (χ3n) is 2.85. The average molecular weight is 294 g/mol. The zero-order valence-electron chi connectivity index (χ0n) is 10.1. The van der Waals surface area contributed by atoms with Crippen molar-refractivity contribution in [3.8, 4) is 0 Å². The zero-order valence-corrected chi connectivity index (χ0v) is 11.7. The molecule has 0 bridgehead atoms. The molecule has 0 unspecified atom stereocenters. The number of imidazole rings is 1. The van der Waals surface area contributed by atoms with Crippen molar-refractivity contribution in [1.82, 2.24) is 14.9 Å². The van der Waals surface area contributed by atoms with Crippen LogP contribution in [0.4, 0.5) is 0 Å². The van der Waals surface area contributed by atoms with Crippen molar-refractivity contribution in [3.63, 3.8) is 0 Å². The van der Waals surface area contributed by atoms with Crippen LogP contribution in [-0.4, -0.2) is 9.55 Å². The first-order valence-electron chi connectivity index (χ1n) is 5.58. The van der Waals surface area contributed by atoms with Crippen molar-refractivity contribution in [2.45, 2.75) is 20.0 Å². The minimum absolute atomic E-state index is 0.836. The maximum Gasteiger partial charge on any atom is 0.0945 e. The van der Waals surface area contributed by atoms with E-state index in [2.05, 4.69) is 51.4 Å². The van der Waals surface area contributed by atoms with Crippen LogP contribution in [0, 0.1) is 6.92 Å². The van der Waals surface area contributed by atoms with Crippen molar-refractivity contribution >= 4 is 15.9 Å². The summed E-state index contributed by atoms with van der Waals surface area (Å²) in [4.78, 5) is 4.09. The van der Waals surface area contributed by atoms with Crippen molar-refractivity contribution in [3.05, 3.63) is 52.0 Å². The molecule has 1 aromatic heterocycles. The van der Waals surface area contributed by atoms with Crippen molar-refractivity contribution < 1.29 is 0 Å². The standard InChI is InChI=1S/C13H16BrN3/c1-10-3-4-12(14)5-11(10)6-15-7-13-8-16-9-17(13)2/h3-5,8-9,15H,6-7H2,1-2H3. The Hall–Kier alpha value is -1.13. The number of benzene rings is 1.